The molecule has 6 nitrogen and oxygen atoms in total. The average molecular weight is 328 g/mol. The lowest BCUT2D eigenvalue weighted by Crippen LogP contribution is -2.41. The molecule has 21 heavy (non-hydrogen) atoms. The lowest BCUT2D eigenvalue weighted by Gasteiger charge is -2.22. The minimum Gasteiger partial charge on any atom is -0.465 e. The van der Waals surface area contributed by atoms with Crippen LogP contribution >= 0.6 is 23.1 Å². The molecule has 1 aliphatic heterocycles. The van der Waals surface area contributed by atoms with E-state index in [1.165, 1.54) is 16.7 Å². The molecule has 2 heterocycles. The van der Waals surface area contributed by atoms with E-state index in [9.17, 15) is 14.4 Å². The van der Waals surface area contributed by atoms with Crippen molar-refractivity contribution in [1.29, 1.82) is 0 Å². The van der Waals surface area contributed by atoms with Crippen molar-refractivity contribution in [2.75, 3.05) is 25.4 Å². The van der Waals surface area contributed by atoms with Crippen LogP contribution in [0.5, 0.6) is 0 Å². The molecule has 0 spiro atoms. The summed E-state index contributed by atoms with van der Waals surface area (Å²) >= 11 is 3.06. The van der Waals surface area contributed by atoms with E-state index in [2.05, 4.69) is 5.32 Å². The van der Waals surface area contributed by atoms with E-state index in [4.69, 9.17) is 4.74 Å². The predicted octanol–water partition coefficient (Wildman–Crippen LogP) is 1.00. The van der Waals surface area contributed by atoms with E-state index in [1.54, 1.807) is 18.3 Å². The third-order valence-electron chi connectivity index (χ3n) is 2.80. The second kappa shape index (κ2) is 7.46. The Balaban J connectivity index is 1.89. The Morgan fingerprint density at radius 3 is 3.00 bits per heavy atom. The molecule has 1 unspecified atom stereocenters. The van der Waals surface area contributed by atoms with E-state index in [0.29, 0.717) is 5.75 Å². The monoisotopic (exact) mass is 328 g/mol. The van der Waals surface area contributed by atoms with Crippen LogP contribution < -0.4 is 5.32 Å². The van der Waals surface area contributed by atoms with E-state index in [-0.39, 0.29) is 36.9 Å². The number of nitrogens with zero attached hydrogens (tertiary/aromatic N) is 1. The maximum Gasteiger partial charge on any atom is 0.325 e. The highest BCUT2D eigenvalue weighted by molar-refractivity contribution is 8.00. The summed E-state index contributed by atoms with van der Waals surface area (Å²) in [7, 11) is 0. The van der Waals surface area contributed by atoms with Crippen LogP contribution in [0.15, 0.2) is 17.5 Å². The lowest BCUT2D eigenvalue weighted by molar-refractivity contribution is -0.143. The van der Waals surface area contributed by atoms with Crippen LogP contribution in [0.3, 0.4) is 0 Å². The minimum atomic E-state index is -0.484. The number of thiophene rings is 1. The van der Waals surface area contributed by atoms with Gasteiger partial charge in [0.15, 0.2) is 0 Å². The minimum absolute atomic E-state index is 0.0478. The molecule has 0 aliphatic carbocycles. The van der Waals surface area contributed by atoms with Gasteiger partial charge < -0.3 is 15.0 Å². The number of carbonyl (C=O) groups excluding carboxylic acids is 3. The summed E-state index contributed by atoms with van der Waals surface area (Å²) in [5, 5.41) is 4.29. The number of thioether (sulfide) groups is 1. The molecule has 2 amide bonds. The summed E-state index contributed by atoms with van der Waals surface area (Å²) < 4.78 is 4.73. The van der Waals surface area contributed by atoms with E-state index >= 15 is 0 Å². The van der Waals surface area contributed by atoms with Gasteiger partial charge >= 0.3 is 5.97 Å². The Morgan fingerprint density at radius 2 is 2.33 bits per heavy atom. The second-order valence-electron chi connectivity index (χ2n) is 4.28. The van der Waals surface area contributed by atoms with Crippen molar-refractivity contribution < 1.29 is 19.1 Å². The van der Waals surface area contributed by atoms with Crippen molar-refractivity contribution in [2.24, 2.45) is 0 Å². The molecule has 0 bridgehead atoms. The quantitative estimate of drug-likeness (QED) is 0.789. The van der Waals surface area contributed by atoms with Gasteiger partial charge in [-0.2, -0.15) is 0 Å². The second-order valence-corrected chi connectivity index (χ2v) is 6.33. The van der Waals surface area contributed by atoms with Gasteiger partial charge in [-0.3, -0.25) is 14.4 Å². The molecule has 2 rings (SSSR count). The molecule has 8 heteroatoms. The first-order chi connectivity index (χ1) is 10.1. The molecule has 1 N–H and O–H groups in total. The van der Waals surface area contributed by atoms with Crippen molar-refractivity contribution in [3.05, 3.63) is 22.4 Å². The zero-order valence-corrected chi connectivity index (χ0v) is 13.2. The van der Waals surface area contributed by atoms with Crippen LogP contribution in [0.25, 0.3) is 0 Å². The zero-order valence-electron chi connectivity index (χ0n) is 11.5. The van der Waals surface area contributed by atoms with Gasteiger partial charge in [-0.15, -0.1) is 23.1 Å². The van der Waals surface area contributed by atoms with Crippen LogP contribution in [0.2, 0.25) is 0 Å². The average Bonchev–Trinajstić information content (AvgIpc) is 3.08. The Kier molecular flexibility index (Phi) is 5.63. The van der Waals surface area contributed by atoms with Gasteiger partial charge in [0.05, 0.1) is 12.4 Å². The van der Waals surface area contributed by atoms with E-state index in [0.717, 1.165) is 4.88 Å². The van der Waals surface area contributed by atoms with Crippen LogP contribution in [-0.2, 0) is 19.1 Å². The molecule has 0 saturated carbocycles. The van der Waals surface area contributed by atoms with Gasteiger partial charge in [0.1, 0.15) is 18.5 Å². The summed E-state index contributed by atoms with van der Waals surface area (Å²) in [6.07, 6.45) is 0. The normalized spacial score (nSPS) is 17.9. The van der Waals surface area contributed by atoms with Crippen molar-refractivity contribution in [2.45, 2.75) is 12.3 Å². The van der Waals surface area contributed by atoms with Crippen LogP contribution in [0, 0.1) is 0 Å². The van der Waals surface area contributed by atoms with Gasteiger partial charge in [-0.25, -0.2) is 0 Å². The third kappa shape index (κ3) is 4.21. The topological polar surface area (TPSA) is 75.7 Å². The summed E-state index contributed by atoms with van der Waals surface area (Å²) in [5.41, 5.74) is 0. The molecule has 1 aromatic rings. The van der Waals surface area contributed by atoms with Crippen molar-refractivity contribution in [3.63, 3.8) is 0 Å². The third-order valence-corrected chi connectivity index (χ3v) is 5.12. The molecule has 0 radical (unpaired) electrons. The van der Waals surface area contributed by atoms with E-state index < -0.39 is 5.97 Å². The highest BCUT2D eigenvalue weighted by atomic mass is 32.2. The fraction of sp³-hybridized carbons (Fsp3) is 0.462. The standard InChI is InChI=1S/C13H16N2O4S2/c1-2-19-12(18)6-14-10(16)7-15-11(17)8-21-13(15)9-4-3-5-20-9/h3-5,13H,2,6-8H2,1H3,(H,14,16). The number of nitrogens with one attached hydrogen (secondary N) is 1. The molecule has 1 aliphatic rings. The van der Waals surface area contributed by atoms with Crippen molar-refractivity contribution in [3.8, 4) is 0 Å². The number of esters is 1. The molecule has 1 fully saturated rings. The number of amides is 2. The van der Waals surface area contributed by atoms with Gasteiger partial charge in [0, 0.05) is 4.88 Å². The molecule has 114 valence electrons. The molecule has 0 aromatic carbocycles. The summed E-state index contributed by atoms with van der Waals surface area (Å²) in [4.78, 5) is 37.5. The van der Waals surface area contributed by atoms with Crippen LogP contribution in [0.1, 0.15) is 17.2 Å². The molecular formula is C13H16N2O4S2. The van der Waals surface area contributed by atoms with Crippen LogP contribution in [-0.4, -0.2) is 48.1 Å². The fourth-order valence-corrected chi connectivity index (χ4v) is 4.05. The number of hydrogen-bond donors (Lipinski definition) is 1. The van der Waals surface area contributed by atoms with Gasteiger partial charge in [-0.1, -0.05) is 6.07 Å². The smallest absolute Gasteiger partial charge is 0.325 e. The maximum atomic E-state index is 11.9. The first-order valence-electron chi connectivity index (χ1n) is 6.48. The summed E-state index contributed by atoms with van der Waals surface area (Å²) in [6.45, 7) is 1.75. The Hall–Kier alpha value is -1.54. The number of carbonyl (C=O) groups is 3. The predicted molar refractivity (Wildman–Crippen MR) is 80.9 cm³/mol. The SMILES string of the molecule is CCOC(=O)CNC(=O)CN1C(=O)CSC1c1cccs1. The first-order valence-corrected chi connectivity index (χ1v) is 8.41. The Morgan fingerprint density at radius 1 is 1.52 bits per heavy atom. The van der Waals surface area contributed by atoms with Gasteiger partial charge in [0.2, 0.25) is 11.8 Å². The molecular weight excluding hydrogens is 312 g/mol. The first kappa shape index (κ1) is 15.8. The van der Waals surface area contributed by atoms with Gasteiger partial charge in [-0.05, 0) is 18.4 Å². The summed E-state index contributed by atoms with van der Waals surface area (Å²) in [5.74, 6) is -0.541. The maximum absolute atomic E-state index is 11.9. The highest BCUT2D eigenvalue weighted by Gasteiger charge is 2.34. The molecule has 1 aromatic heterocycles. The molecule has 1 atom stereocenters. The number of rotatable bonds is 6. The van der Waals surface area contributed by atoms with Crippen molar-refractivity contribution in [1.82, 2.24) is 10.2 Å². The zero-order chi connectivity index (χ0) is 15.2. The largest absolute Gasteiger partial charge is 0.465 e. The van der Waals surface area contributed by atoms with Crippen molar-refractivity contribution >= 4 is 40.9 Å². The van der Waals surface area contributed by atoms with Crippen LogP contribution in [0.4, 0.5) is 0 Å². The van der Waals surface area contributed by atoms with Gasteiger partial charge in [0.25, 0.3) is 0 Å². The lowest BCUT2D eigenvalue weighted by atomic mass is 10.3. The number of ether oxygens (including phenoxy) is 1. The highest BCUT2D eigenvalue weighted by Crippen LogP contribution is 2.40. The Labute approximate surface area is 130 Å². The number of hydrogen-bond acceptors (Lipinski definition) is 6. The summed E-state index contributed by atoms with van der Waals surface area (Å²) in [6, 6.07) is 3.87. The Bertz CT molecular complexity index is 518. The van der Waals surface area contributed by atoms with E-state index in [1.807, 2.05) is 17.5 Å². The molecule has 1 saturated heterocycles. The fourth-order valence-electron chi connectivity index (χ4n) is 1.89.